The van der Waals surface area contributed by atoms with Gasteiger partial charge in [0, 0.05) is 32.7 Å². The molecule has 0 spiro atoms. The number of aryl methyl sites for hydroxylation is 1. The number of hydrogen-bond acceptors (Lipinski definition) is 3. The average Bonchev–Trinajstić information content (AvgIpc) is 2.51. The quantitative estimate of drug-likeness (QED) is 0.409. The minimum atomic E-state index is -1.86. The molecule has 1 aromatic carbocycles. The zero-order chi connectivity index (χ0) is 15.9. The Balaban J connectivity index is 2.50. The minimum Gasteiger partial charge on any atom is -0.235 e. The van der Waals surface area contributed by atoms with Gasteiger partial charge in [-0.15, -0.1) is 15.9 Å². The van der Waals surface area contributed by atoms with Crippen LogP contribution in [-0.2, 0) is 9.09 Å². The maximum atomic E-state index is 12.5. The van der Waals surface area contributed by atoms with Crippen molar-refractivity contribution < 1.29 is 9.09 Å². The van der Waals surface area contributed by atoms with Crippen molar-refractivity contribution in [2.45, 2.75) is 6.92 Å². The van der Waals surface area contributed by atoms with Gasteiger partial charge in [0.05, 0.1) is 7.11 Å². The van der Waals surface area contributed by atoms with Crippen LogP contribution in [0, 0.1) is 6.92 Å². The molecular formula is C17H18NO2PS+2. The molecule has 0 saturated heterocycles. The Kier molecular flexibility index (Phi) is 4.09. The molecule has 0 N–H and O–H groups in total. The van der Waals surface area contributed by atoms with Gasteiger partial charge in [0.25, 0.3) is 0 Å². The van der Waals surface area contributed by atoms with Crippen molar-refractivity contribution >= 4 is 34.8 Å². The van der Waals surface area contributed by atoms with Gasteiger partial charge in [-0.3, -0.25) is 0 Å². The molecule has 3 rings (SSSR count). The minimum absolute atomic E-state index is 0.798. The van der Waals surface area contributed by atoms with Crippen LogP contribution in [0.15, 0.2) is 36.4 Å². The first kappa shape index (κ1) is 15.3. The van der Waals surface area contributed by atoms with E-state index in [9.17, 15) is 4.57 Å². The van der Waals surface area contributed by atoms with Crippen molar-refractivity contribution in [3.05, 3.63) is 47.3 Å². The Morgan fingerprint density at radius 2 is 1.91 bits per heavy atom. The van der Waals surface area contributed by atoms with E-state index in [1.807, 2.05) is 26.2 Å². The molecule has 2 aliphatic rings. The molecule has 0 radical (unpaired) electrons. The molecule has 1 aliphatic heterocycles. The molecule has 0 saturated carbocycles. The molecule has 5 heteroatoms. The van der Waals surface area contributed by atoms with Crippen LogP contribution in [-0.4, -0.2) is 21.2 Å². The van der Waals surface area contributed by atoms with Gasteiger partial charge in [0.1, 0.15) is 14.1 Å². The maximum absolute atomic E-state index is 12.5. The van der Waals surface area contributed by atoms with Crippen LogP contribution in [0.4, 0.5) is 0 Å². The van der Waals surface area contributed by atoms with Crippen molar-refractivity contribution in [1.29, 1.82) is 0 Å². The molecule has 0 amide bonds. The number of rotatable bonds is 2. The summed E-state index contributed by atoms with van der Waals surface area (Å²) in [7, 11) is 3.67. The summed E-state index contributed by atoms with van der Waals surface area (Å²) in [5.74, 6) is 0. The van der Waals surface area contributed by atoms with Crippen molar-refractivity contribution in [3.8, 4) is 10.4 Å². The number of fused-ring (bicyclic) bond motifs is 2. The van der Waals surface area contributed by atoms with Gasteiger partial charge >= 0.3 is 8.03 Å². The summed E-state index contributed by atoms with van der Waals surface area (Å²) in [5.41, 5.74) is 2.21. The fraction of sp³-hybridized carbons (Fsp3) is 0.235. The molecule has 1 atom stereocenters. The molecule has 0 bridgehead atoms. The van der Waals surface area contributed by atoms with E-state index in [4.69, 9.17) is 4.52 Å². The van der Waals surface area contributed by atoms with E-state index in [0.29, 0.717) is 0 Å². The van der Waals surface area contributed by atoms with Crippen LogP contribution in [0.5, 0.6) is 0 Å². The van der Waals surface area contributed by atoms with Gasteiger partial charge in [-0.25, -0.2) is 4.58 Å². The van der Waals surface area contributed by atoms with Gasteiger partial charge in [-0.1, -0.05) is 6.07 Å². The van der Waals surface area contributed by atoms with E-state index in [2.05, 4.69) is 35.8 Å². The van der Waals surface area contributed by atoms with Crippen LogP contribution in [0.2, 0.25) is 0 Å². The number of nitrogens with zero attached hydrogens (tertiary/aromatic N) is 1. The lowest BCUT2D eigenvalue weighted by molar-refractivity contribution is 0.423. The lowest BCUT2D eigenvalue weighted by Crippen LogP contribution is -2.21. The second-order valence-electron chi connectivity index (χ2n) is 5.46. The van der Waals surface area contributed by atoms with Gasteiger partial charge in [0.15, 0.2) is 0 Å². The van der Waals surface area contributed by atoms with E-state index in [1.165, 1.54) is 12.7 Å². The largest absolute Gasteiger partial charge is 0.549 e. The first-order valence-electron chi connectivity index (χ1n) is 7.00. The molecule has 1 aromatic rings. The molecule has 1 heterocycles. The summed E-state index contributed by atoms with van der Waals surface area (Å²) in [6.45, 7) is 2.07. The number of benzene rings is 2. The summed E-state index contributed by atoms with van der Waals surface area (Å²) in [6, 6.07) is 12.5. The second-order valence-corrected chi connectivity index (χ2v) is 7.88. The summed E-state index contributed by atoms with van der Waals surface area (Å²) < 4.78 is 20.8. The van der Waals surface area contributed by atoms with Crippen LogP contribution in [0.25, 0.3) is 20.5 Å². The van der Waals surface area contributed by atoms with E-state index < -0.39 is 8.03 Å². The molecule has 0 aromatic heterocycles. The SMILES string of the molecule is CO[P+](=O)c1c2ccc(=[N+](C)C)cc-2sc2cc(C)ccc12. The predicted molar refractivity (Wildman–Crippen MR) is 94.6 cm³/mol. The maximum Gasteiger partial charge on any atom is 0.549 e. The first-order valence-corrected chi connectivity index (χ1v) is 8.99. The molecule has 0 fully saturated rings. The molecule has 112 valence electrons. The summed E-state index contributed by atoms with van der Waals surface area (Å²) >= 11 is 1.73. The normalized spacial score (nSPS) is 11.9. The van der Waals surface area contributed by atoms with Crippen LogP contribution in [0.1, 0.15) is 5.56 Å². The fourth-order valence-electron chi connectivity index (χ4n) is 2.53. The molecule has 22 heavy (non-hydrogen) atoms. The average molecular weight is 331 g/mol. The topological polar surface area (TPSA) is 29.3 Å². The Labute approximate surface area is 134 Å². The van der Waals surface area contributed by atoms with Crippen LogP contribution in [0.3, 0.4) is 0 Å². The van der Waals surface area contributed by atoms with E-state index in [-0.39, 0.29) is 0 Å². The number of hydrogen-bond donors (Lipinski definition) is 0. The standard InChI is InChI=1S/C17H18NO2PS/c1-11-5-7-13-15(9-11)22-16-10-12(18(2)3)6-8-14(16)17(13)21(19)20-4/h5-10H,1-4H3/q+2. The zero-order valence-corrected chi connectivity index (χ0v) is 14.8. The lowest BCUT2D eigenvalue weighted by atomic mass is 10.1. The van der Waals surface area contributed by atoms with Gasteiger partial charge in [-0.2, -0.15) is 0 Å². The molecule has 1 aliphatic carbocycles. The van der Waals surface area contributed by atoms with Crippen molar-refractivity contribution in [3.63, 3.8) is 0 Å². The van der Waals surface area contributed by atoms with E-state index in [0.717, 1.165) is 31.2 Å². The Morgan fingerprint density at radius 3 is 2.59 bits per heavy atom. The third-order valence-electron chi connectivity index (χ3n) is 3.70. The summed E-state index contributed by atoms with van der Waals surface area (Å²) in [5, 5.41) is 2.95. The fourth-order valence-corrected chi connectivity index (χ4v) is 4.87. The van der Waals surface area contributed by atoms with Gasteiger partial charge in [-0.05, 0) is 35.3 Å². The third-order valence-corrected chi connectivity index (χ3v) is 5.99. The Hall–Kier alpha value is -1.61. The predicted octanol–water partition coefficient (Wildman–Crippen LogP) is 3.36. The summed E-state index contributed by atoms with van der Waals surface area (Å²) in [6.07, 6.45) is 0. The highest BCUT2D eigenvalue weighted by Crippen LogP contribution is 2.38. The highest BCUT2D eigenvalue weighted by molar-refractivity contribution is 7.50. The van der Waals surface area contributed by atoms with Crippen molar-refractivity contribution in [2.75, 3.05) is 21.2 Å². The zero-order valence-electron chi connectivity index (χ0n) is 13.1. The highest BCUT2D eigenvalue weighted by Gasteiger charge is 2.30. The van der Waals surface area contributed by atoms with E-state index >= 15 is 0 Å². The highest BCUT2D eigenvalue weighted by atomic mass is 32.1. The van der Waals surface area contributed by atoms with Gasteiger partial charge in [0.2, 0.25) is 10.7 Å². The monoisotopic (exact) mass is 331 g/mol. The lowest BCUT2D eigenvalue weighted by Gasteiger charge is -2.08. The van der Waals surface area contributed by atoms with Gasteiger partial charge < -0.3 is 0 Å². The van der Waals surface area contributed by atoms with Crippen LogP contribution < -0.4 is 15.2 Å². The van der Waals surface area contributed by atoms with E-state index in [1.54, 1.807) is 11.3 Å². The van der Waals surface area contributed by atoms with Crippen molar-refractivity contribution in [2.24, 2.45) is 0 Å². The summed E-state index contributed by atoms with van der Waals surface area (Å²) in [4.78, 5) is 1.12. The molecule has 1 unspecified atom stereocenters. The molecular weight excluding hydrogens is 313 g/mol. The Morgan fingerprint density at radius 1 is 1.14 bits per heavy atom. The second kappa shape index (κ2) is 5.88. The first-order chi connectivity index (χ1) is 10.5. The third kappa shape index (κ3) is 2.58. The smallest absolute Gasteiger partial charge is 0.235 e. The van der Waals surface area contributed by atoms with Crippen LogP contribution >= 0.6 is 19.4 Å². The molecule has 3 nitrogen and oxygen atoms in total. The Bertz CT molecular complexity index is 926. The van der Waals surface area contributed by atoms with Crippen molar-refractivity contribution in [1.82, 2.24) is 4.58 Å².